The Morgan fingerprint density at radius 1 is 1.00 bits per heavy atom. The van der Waals surface area contributed by atoms with E-state index in [0.29, 0.717) is 12.2 Å². The van der Waals surface area contributed by atoms with Crippen LogP contribution in [-0.2, 0) is 27.3 Å². The van der Waals surface area contributed by atoms with Crippen LogP contribution in [0.25, 0.3) is 0 Å². The summed E-state index contributed by atoms with van der Waals surface area (Å²) in [6, 6.07) is 14.9. The number of amides is 3. The van der Waals surface area contributed by atoms with Crippen molar-refractivity contribution >= 4 is 29.1 Å². The molecular formula is C22H23N3O3. The van der Waals surface area contributed by atoms with E-state index in [4.69, 9.17) is 0 Å². The van der Waals surface area contributed by atoms with Gasteiger partial charge in [0.2, 0.25) is 5.91 Å². The summed E-state index contributed by atoms with van der Waals surface area (Å²) in [5.41, 5.74) is 3.45. The number of fused-ring (bicyclic) bond motifs is 1. The Morgan fingerprint density at radius 2 is 1.79 bits per heavy atom. The fourth-order valence-electron chi connectivity index (χ4n) is 3.50. The standard InChI is InChI=1S/C22H23N3O3/c26-20(23-14-15-5-2-1-3-6-15)21(27)24-18-10-11-19-17(13-18)7-4-12-25(19)22(28)16-8-9-16/h1-3,5-6,10-11,13,16H,4,7-9,12,14H2,(H,23,26)(H,24,27). The molecule has 1 heterocycles. The molecule has 0 atom stereocenters. The Morgan fingerprint density at radius 3 is 2.54 bits per heavy atom. The second-order valence-corrected chi connectivity index (χ2v) is 7.33. The smallest absolute Gasteiger partial charge is 0.313 e. The third-order valence-corrected chi connectivity index (χ3v) is 5.15. The first-order chi connectivity index (χ1) is 13.6. The molecule has 144 valence electrons. The summed E-state index contributed by atoms with van der Waals surface area (Å²) in [6.07, 6.45) is 3.72. The van der Waals surface area contributed by atoms with Crippen LogP contribution in [0.15, 0.2) is 48.5 Å². The molecule has 6 nitrogen and oxygen atoms in total. The third-order valence-electron chi connectivity index (χ3n) is 5.15. The minimum Gasteiger partial charge on any atom is -0.344 e. The Labute approximate surface area is 163 Å². The molecule has 3 amide bonds. The first-order valence-corrected chi connectivity index (χ1v) is 9.69. The van der Waals surface area contributed by atoms with Gasteiger partial charge in [-0.1, -0.05) is 30.3 Å². The number of nitrogens with zero attached hydrogens (tertiary/aromatic N) is 1. The summed E-state index contributed by atoms with van der Waals surface area (Å²) in [7, 11) is 0. The van der Waals surface area contributed by atoms with E-state index in [2.05, 4.69) is 10.6 Å². The normalized spacial score (nSPS) is 15.5. The van der Waals surface area contributed by atoms with Crippen LogP contribution in [-0.4, -0.2) is 24.3 Å². The van der Waals surface area contributed by atoms with Crippen molar-refractivity contribution in [3.05, 3.63) is 59.7 Å². The van der Waals surface area contributed by atoms with Gasteiger partial charge in [-0.15, -0.1) is 0 Å². The van der Waals surface area contributed by atoms with Crippen LogP contribution in [0.4, 0.5) is 11.4 Å². The average molecular weight is 377 g/mol. The molecule has 0 radical (unpaired) electrons. The van der Waals surface area contributed by atoms with Crippen LogP contribution >= 0.6 is 0 Å². The lowest BCUT2D eigenvalue weighted by Crippen LogP contribution is -2.37. The highest BCUT2D eigenvalue weighted by molar-refractivity contribution is 6.39. The topological polar surface area (TPSA) is 78.5 Å². The van der Waals surface area contributed by atoms with Crippen molar-refractivity contribution in [2.24, 2.45) is 5.92 Å². The van der Waals surface area contributed by atoms with E-state index in [-0.39, 0.29) is 11.8 Å². The molecule has 0 spiro atoms. The highest BCUT2D eigenvalue weighted by atomic mass is 16.2. The maximum absolute atomic E-state index is 12.5. The fourth-order valence-corrected chi connectivity index (χ4v) is 3.50. The van der Waals surface area contributed by atoms with Crippen LogP contribution in [0.5, 0.6) is 0 Å². The molecule has 0 unspecified atom stereocenters. The predicted molar refractivity (Wildman–Crippen MR) is 107 cm³/mol. The summed E-state index contributed by atoms with van der Waals surface area (Å²) < 4.78 is 0. The number of rotatable bonds is 4. The lowest BCUT2D eigenvalue weighted by atomic mass is 10.0. The van der Waals surface area contributed by atoms with Crippen molar-refractivity contribution in [2.45, 2.75) is 32.2 Å². The molecular weight excluding hydrogens is 354 g/mol. The van der Waals surface area contributed by atoms with Crippen molar-refractivity contribution < 1.29 is 14.4 Å². The number of nitrogens with one attached hydrogen (secondary N) is 2. The minimum atomic E-state index is -0.697. The molecule has 0 aromatic heterocycles. The number of anilines is 2. The molecule has 2 aliphatic rings. The van der Waals surface area contributed by atoms with Gasteiger partial charge in [-0.3, -0.25) is 14.4 Å². The Kier molecular flexibility index (Phi) is 5.10. The number of hydrogen-bond donors (Lipinski definition) is 2. The van der Waals surface area contributed by atoms with Crippen LogP contribution < -0.4 is 15.5 Å². The van der Waals surface area contributed by atoms with Crippen molar-refractivity contribution in [1.29, 1.82) is 0 Å². The quantitative estimate of drug-likeness (QED) is 0.804. The molecule has 2 N–H and O–H groups in total. The van der Waals surface area contributed by atoms with Crippen molar-refractivity contribution in [2.75, 3.05) is 16.8 Å². The summed E-state index contributed by atoms with van der Waals surface area (Å²) >= 11 is 0. The lowest BCUT2D eigenvalue weighted by molar-refractivity contribution is -0.136. The van der Waals surface area contributed by atoms with E-state index in [1.807, 2.05) is 47.4 Å². The van der Waals surface area contributed by atoms with E-state index in [0.717, 1.165) is 49.0 Å². The van der Waals surface area contributed by atoms with Gasteiger partial charge in [-0.2, -0.15) is 0 Å². The number of carbonyl (C=O) groups excluding carboxylic acids is 3. The SMILES string of the molecule is O=C(NCc1ccccc1)C(=O)Nc1ccc2c(c1)CCCN2C(=O)C1CC1. The van der Waals surface area contributed by atoms with Gasteiger partial charge in [-0.05, 0) is 55.0 Å². The third kappa shape index (κ3) is 4.06. The van der Waals surface area contributed by atoms with Crippen molar-refractivity contribution in [1.82, 2.24) is 5.32 Å². The van der Waals surface area contributed by atoms with E-state index in [1.54, 1.807) is 6.07 Å². The molecule has 1 aliphatic carbocycles. The molecule has 4 rings (SSSR count). The van der Waals surface area contributed by atoms with Crippen LogP contribution in [0, 0.1) is 5.92 Å². The summed E-state index contributed by atoms with van der Waals surface area (Å²) in [6.45, 7) is 1.05. The van der Waals surface area contributed by atoms with Gasteiger partial charge in [0, 0.05) is 30.4 Å². The molecule has 0 saturated heterocycles. The minimum absolute atomic E-state index is 0.179. The molecule has 1 fully saturated rings. The van der Waals surface area contributed by atoms with Gasteiger partial charge in [0.25, 0.3) is 0 Å². The molecule has 0 bridgehead atoms. The highest BCUT2D eigenvalue weighted by Crippen LogP contribution is 2.36. The molecule has 2 aromatic carbocycles. The number of carbonyl (C=O) groups is 3. The second-order valence-electron chi connectivity index (χ2n) is 7.33. The van der Waals surface area contributed by atoms with Gasteiger partial charge < -0.3 is 15.5 Å². The van der Waals surface area contributed by atoms with E-state index < -0.39 is 11.8 Å². The monoisotopic (exact) mass is 377 g/mol. The van der Waals surface area contributed by atoms with E-state index in [9.17, 15) is 14.4 Å². The largest absolute Gasteiger partial charge is 0.344 e. The van der Waals surface area contributed by atoms with E-state index in [1.165, 1.54) is 0 Å². The Balaban J connectivity index is 1.39. The van der Waals surface area contributed by atoms with Crippen molar-refractivity contribution in [3.8, 4) is 0 Å². The van der Waals surface area contributed by atoms with Crippen LogP contribution in [0.3, 0.4) is 0 Å². The lowest BCUT2D eigenvalue weighted by Gasteiger charge is -2.30. The maximum Gasteiger partial charge on any atom is 0.313 e. The number of hydrogen-bond acceptors (Lipinski definition) is 3. The average Bonchev–Trinajstić information content (AvgIpc) is 3.57. The summed E-state index contributed by atoms with van der Waals surface area (Å²) in [4.78, 5) is 38.6. The first kappa shape index (κ1) is 18.2. The summed E-state index contributed by atoms with van der Waals surface area (Å²) in [5.74, 6) is -0.985. The molecule has 28 heavy (non-hydrogen) atoms. The highest BCUT2D eigenvalue weighted by Gasteiger charge is 2.35. The van der Waals surface area contributed by atoms with E-state index >= 15 is 0 Å². The van der Waals surface area contributed by atoms with Gasteiger partial charge in [0.1, 0.15) is 0 Å². The molecule has 2 aromatic rings. The second kappa shape index (κ2) is 7.84. The zero-order chi connectivity index (χ0) is 19.5. The number of aryl methyl sites for hydroxylation is 1. The maximum atomic E-state index is 12.5. The Bertz CT molecular complexity index is 906. The summed E-state index contributed by atoms with van der Waals surface area (Å²) in [5, 5.41) is 5.27. The zero-order valence-electron chi connectivity index (χ0n) is 15.6. The Hall–Kier alpha value is -3.15. The molecule has 6 heteroatoms. The predicted octanol–water partition coefficient (Wildman–Crippen LogP) is 2.63. The number of benzene rings is 2. The van der Waals surface area contributed by atoms with Crippen LogP contribution in [0.2, 0.25) is 0 Å². The fraction of sp³-hybridized carbons (Fsp3) is 0.318. The molecule has 1 aliphatic heterocycles. The van der Waals surface area contributed by atoms with Gasteiger partial charge >= 0.3 is 11.8 Å². The first-order valence-electron chi connectivity index (χ1n) is 9.69. The molecule has 1 saturated carbocycles. The van der Waals surface area contributed by atoms with Crippen molar-refractivity contribution in [3.63, 3.8) is 0 Å². The van der Waals surface area contributed by atoms with Gasteiger partial charge in [0.05, 0.1) is 0 Å². The van der Waals surface area contributed by atoms with Gasteiger partial charge in [-0.25, -0.2) is 0 Å². The van der Waals surface area contributed by atoms with Gasteiger partial charge in [0.15, 0.2) is 0 Å². The zero-order valence-corrected chi connectivity index (χ0v) is 15.6. The van der Waals surface area contributed by atoms with Crippen LogP contribution in [0.1, 0.15) is 30.4 Å².